The van der Waals surface area contributed by atoms with Crippen molar-refractivity contribution in [3.8, 4) is 11.5 Å². The van der Waals surface area contributed by atoms with Crippen LogP contribution in [0, 0.1) is 13.8 Å². The number of carboxylic acid groups (broad SMARTS) is 1. The van der Waals surface area contributed by atoms with Crippen LogP contribution in [0.2, 0.25) is 5.02 Å². The number of aryl methyl sites for hydroxylation is 3. The minimum atomic E-state index is -0.986. The lowest BCUT2D eigenvalue weighted by molar-refractivity contribution is 0.0690. The first-order valence-corrected chi connectivity index (χ1v) is 14.5. The molecule has 0 atom stereocenters. The Hall–Kier alpha value is -3.97. The van der Waals surface area contributed by atoms with Crippen molar-refractivity contribution in [1.29, 1.82) is 0 Å². The van der Waals surface area contributed by atoms with Crippen LogP contribution in [0.25, 0.3) is 10.9 Å². The molecule has 4 aromatic rings. The topological polar surface area (TPSA) is 81.0 Å². The van der Waals surface area contributed by atoms with Gasteiger partial charge in [-0.25, -0.2) is 4.79 Å². The Kier molecular flexibility index (Phi) is 8.84. The number of fused-ring (bicyclic) bond motifs is 1. The van der Waals surface area contributed by atoms with Gasteiger partial charge in [0.2, 0.25) is 0 Å². The Morgan fingerprint density at radius 2 is 1.63 bits per heavy atom. The molecule has 3 aromatic carbocycles. The summed E-state index contributed by atoms with van der Waals surface area (Å²) in [5, 5.41) is 11.2. The number of piperidine rings is 1. The molecule has 2 heterocycles. The molecule has 0 saturated carbocycles. The molecule has 0 spiro atoms. The van der Waals surface area contributed by atoms with Crippen LogP contribution in [0.15, 0.2) is 60.7 Å². The summed E-state index contributed by atoms with van der Waals surface area (Å²) in [6.07, 6.45) is 3.90. The molecular weight excluding hydrogens is 540 g/mol. The predicted molar refractivity (Wildman–Crippen MR) is 160 cm³/mol. The number of hydrogen-bond acceptors (Lipinski definition) is 4. The molecule has 0 radical (unpaired) electrons. The molecule has 1 aliphatic heterocycles. The molecule has 1 aliphatic rings. The molecule has 1 aromatic heterocycles. The fourth-order valence-corrected chi connectivity index (χ4v) is 5.53. The van der Waals surface area contributed by atoms with Crippen LogP contribution in [-0.4, -0.2) is 46.1 Å². The van der Waals surface area contributed by atoms with Crippen molar-refractivity contribution in [1.82, 2.24) is 9.47 Å². The Labute approximate surface area is 245 Å². The molecule has 214 valence electrons. The van der Waals surface area contributed by atoms with Crippen LogP contribution in [0.1, 0.15) is 63.2 Å². The summed E-state index contributed by atoms with van der Waals surface area (Å²) in [7, 11) is 0. The Morgan fingerprint density at radius 3 is 2.37 bits per heavy atom. The van der Waals surface area contributed by atoms with E-state index in [-0.39, 0.29) is 18.1 Å². The third kappa shape index (κ3) is 6.51. The van der Waals surface area contributed by atoms with Crippen molar-refractivity contribution < 1.29 is 24.2 Å². The summed E-state index contributed by atoms with van der Waals surface area (Å²) in [4.78, 5) is 27.2. The van der Waals surface area contributed by atoms with Crippen LogP contribution in [0.3, 0.4) is 0 Å². The normalized spacial score (nSPS) is 13.4. The first-order valence-electron chi connectivity index (χ1n) is 14.1. The van der Waals surface area contributed by atoms with Gasteiger partial charge in [0, 0.05) is 41.7 Å². The van der Waals surface area contributed by atoms with E-state index >= 15 is 0 Å². The van der Waals surface area contributed by atoms with Crippen LogP contribution in [0.5, 0.6) is 11.5 Å². The molecule has 1 amide bonds. The number of aromatic carboxylic acids is 1. The van der Waals surface area contributed by atoms with E-state index < -0.39 is 5.97 Å². The minimum absolute atomic E-state index is 0.0450. The van der Waals surface area contributed by atoms with Gasteiger partial charge in [0.25, 0.3) is 5.91 Å². The number of rotatable bonds is 10. The molecule has 0 aliphatic carbocycles. The second-order valence-electron chi connectivity index (χ2n) is 10.6. The molecule has 5 rings (SSSR count). The molecule has 1 N–H and O–H groups in total. The fourth-order valence-electron chi connectivity index (χ4n) is 5.42. The minimum Gasteiger partial charge on any atom is -0.494 e. The van der Waals surface area contributed by atoms with Crippen molar-refractivity contribution in [3.05, 3.63) is 93.6 Å². The number of carbonyl (C=O) groups excluding carboxylic acids is 1. The standard InChI is InChI=1S/C33H35ClN2O5/c1-22-17-27(18-23(2)31(22)34)40-16-8-15-36-29-20-26(41-21-25-9-4-5-10-28(25)33(38)39)12-11-24(29)19-30(36)32(37)35-13-6-3-7-14-35/h4-5,9-12,17-20H,3,6-8,13-16,21H2,1-2H3,(H,38,39). The molecule has 1 fully saturated rings. The van der Waals surface area contributed by atoms with Gasteiger partial charge in [-0.15, -0.1) is 0 Å². The number of nitrogens with zero attached hydrogens (tertiary/aromatic N) is 2. The summed E-state index contributed by atoms with van der Waals surface area (Å²) in [5.41, 5.74) is 4.33. The Morgan fingerprint density at radius 1 is 0.902 bits per heavy atom. The van der Waals surface area contributed by atoms with Gasteiger partial charge >= 0.3 is 5.97 Å². The van der Waals surface area contributed by atoms with E-state index in [4.69, 9.17) is 21.1 Å². The molecule has 1 saturated heterocycles. The molecule has 41 heavy (non-hydrogen) atoms. The molecule has 7 nitrogen and oxygen atoms in total. The zero-order valence-electron chi connectivity index (χ0n) is 23.5. The number of ether oxygens (including phenoxy) is 2. The number of benzene rings is 3. The summed E-state index contributed by atoms with van der Waals surface area (Å²) in [6.45, 7) is 6.68. The monoisotopic (exact) mass is 574 g/mol. The van der Waals surface area contributed by atoms with Gasteiger partial charge in [-0.2, -0.15) is 0 Å². The lowest BCUT2D eigenvalue weighted by Gasteiger charge is -2.27. The summed E-state index contributed by atoms with van der Waals surface area (Å²) < 4.78 is 14.2. The quantitative estimate of drug-likeness (QED) is 0.201. The van der Waals surface area contributed by atoms with E-state index in [9.17, 15) is 14.7 Å². The second kappa shape index (κ2) is 12.7. The maximum absolute atomic E-state index is 13.6. The van der Waals surface area contributed by atoms with Crippen molar-refractivity contribution >= 4 is 34.4 Å². The van der Waals surface area contributed by atoms with Gasteiger partial charge in [-0.05, 0) is 87.1 Å². The zero-order valence-corrected chi connectivity index (χ0v) is 24.2. The van der Waals surface area contributed by atoms with Gasteiger partial charge in [0.15, 0.2) is 0 Å². The molecule has 8 heteroatoms. The highest BCUT2D eigenvalue weighted by Crippen LogP contribution is 2.29. The highest BCUT2D eigenvalue weighted by Gasteiger charge is 2.23. The van der Waals surface area contributed by atoms with Gasteiger partial charge in [0.1, 0.15) is 23.8 Å². The van der Waals surface area contributed by atoms with Crippen LogP contribution in [-0.2, 0) is 13.2 Å². The van der Waals surface area contributed by atoms with Crippen LogP contribution >= 0.6 is 11.6 Å². The first kappa shape index (κ1) is 28.6. The van der Waals surface area contributed by atoms with Crippen molar-refractivity contribution in [3.63, 3.8) is 0 Å². The maximum atomic E-state index is 13.6. The third-order valence-corrected chi connectivity index (χ3v) is 8.18. The average Bonchev–Trinajstić information content (AvgIpc) is 3.34. The molecular formula is C33H35ClN2O5. The average molecular weight is 575 g/mol. The summed E-state index contributed by atoms with van der Waals surface area (Å²) in [6, 6.07) is 18.4. The van der Waals surface area contributed by atoms with E-state index in [0.29, 0.717) is 36.6 Å². The first-order chi connectivity index (χ1) is 19.8. The Balaban J connectivity index is 1.37. The number of aromatic nitrogens is 1. The number of amides is 1. The highest BCUT2D eigenvalue weighted by atomic mass is 35.5. The van der Waals surface area contributed by atoms with Crippen molar-refractivity contribution in [2.75, 3.05) is 19.7 Å². The van der Waals surface area contributed by atoms with E-state index in [2.05, 4.69) is 4.57 Å². The lowest BCUT2D eigenvalue weighted by Crippen LogP contribution is -2.36. The highest BCUT2D eigenvalue weighted by molar-refractivity contribution is 6.32. The lowest BCUT2D eigenvalue weighted by atomic mass is 10.1. The van der Waals surface area contributed by atoms with Crippen molar-refractivity contribution in [2.45, 2.75) is 52.7 Å². The van der Waals surface area contributed by atoms with Crippen LogP contribution < -0.4 is 9.47 Å². The second-order valence-corrected chi connectivity index (χ2v) is 11.0. The van der Waals surface area contributed by atoms with E-state index in [0.717, 1.165) is 65.2 Å². The SMILES string of the molecule is Cc1cc(OCCCn2c(C(=O)N3CCCCC3)cc3ccc(OCc4ccccc4C(=O)O)cc32)cc(C)c1Cl. The van der Waals surface area contributed by atoms with E-state index in [1.807, 2.05) is 55.1 Å². The van der Waals surface area contributed by atoms with Gasteiger partial charge in [-0.3, -0.25) is 4.79 Å². The largest absolute Gasteiger partial charge is 0.494 e. The smallest absolute Gasteiger partial charge is 0.336 e. The molecule has 0 unspecified atom stereocenters. The number of carbonyl (C=O) groups is 2. The number of hydrogen-bond donors (Lipinski definition) is 1. The fraction of sp³-hybridized carbons (Fsp3) is 0.333. The number of halogens is 1. The zero-order chi connectivity index (χ0) is 28.9. The number of carboxylic acids is 1. The van der Waals surface area contributed by atoms with Gasteiger partial charge in [-0.1, -0.05) is 29.8 Å². The number of likely N-dealkylation sites (tertiary alicyclic amines) is 1. The van der Waals surface area contributed by atoms with E-state index in [1.165, 1.54) is 0 Å². The Bertz CT molecular complexity index is 1550. The van der Waals surface area contributed by atoms with Crippen LogP contribution in [0.4, 0.5) is 0 Å². The van der Waals surface area contributed by atoms with Gasteiger partial charge < -0.3 is 24.0 Å². The summed E-state index contributed by atoms with van der Waals surface area (Å²) >= 11 is 6.31. The molecule has 0 bridgehead atoms. The predicted octanol–water partition coefficient (Wildman–Crippen LogP) is 7.28. The maximum Gasteiger partial charge on any atom is 0.336 e. The van der Waals surface area contributed by atoms with Crippen molar-refractivity contribution in [2.24, 2.45) is 0 Å². The van der Waals surface area contributed by atoms with E-state index in [1.54, 1.807) is 24.3 Å². The summed E-state index contributed by atoms with van der Waals surface area (Å²) in [5.74, 6) is 0.449. The third-order valence-electron chi connectivity index (χ3n) is 7.58. The van der Waals surface area contributed by atoms with Gasteiger partial charge in [0.05, 0.1) is 17.7 Å².